The number of rotatable bonds is 3. The molecular weight excluding hydrogens is 368 g/mol. The zero-order chi connectivity index (χ0) is 22.5. The number of hydrogen-bond donors (Lipinski definition) is 2. The van der Waals surface area contributed by atoms with Gasteiger partial charge in [0.05, 0.1) is 18.3 Å². The summed E-state index contributed by atoms with van der Waals surface area (Å²) in [7, 11) is 0. The van der Waals surface area contributed by atoms with Crippen molar-refractivity contribution in [2.75, 3.05) is 42.6 Å². The Morgan fingerprint density at radius 2 is 2.17 bits per heavy atom. The Labute approximate surface area is 171 Å². The van der Waals surface area contributed by atoms with E-state index in [1.807, 2.05) is 18.2 Å². The largest absolute Gasteiger partial charge is 0.436 e. The van der Waals surface area contributed by atoms with E-state index in [1.165, 1.54) is 12.4 Å². The van der Waals surface area contributed by atoms with Crippen molar-refractivity contribution >= 4 is 39.2 Å². The molecule has 5 rings (SSSR count). The molecule has 8 nitrogen and oxygen atoms in total. The van der Waals surface area contributed by atoms with Crippen molar-refractivity contribution < 1.29 is 13.3 Å². The Balaban J connectivity index is 1.58. The SMILES string of the molecule is [2H]C([2H])([2H])Nc1ncc(-c2nc3cc(N4CCO[C@H](C)C4)ccc3o2)c2cc(N)ncc12. The smallest absolute Gasteiger partial charge is 0.229 e. The lowest BCUT2D eigenvalue weighted by atomic mass is 10.1. The number of ether oxygens (including phenoxy) is 1. The van der Waals surface area contributed by atoms with Crippen LogP contribution < -0.4 is 16.0 Å². The molecule has 0 radical (unpaired) electrons. The van der Waals surface area contributed by atoms with Gasteiger partial charge in [0.2, 0.25) is 5.89 Å². The quantitative estimate of drug-likeness (QED) is 0.547. The Hall–Kier alpha value is -3.39. The fraction of sp³-hybridized carbons (Fsp3) is 0.286. The van der Waals surface area contributed by atoms with Crippen LogP contribution in [0, 0.1) is 0 Å². The third-order valence-electron chi connectivity index (χ3n) is 5.12. The number of nitrogens with two attached hydrogens (primary N) is 1. The molecule has 29 heavy (non-hydrogen) atoms. The van der Waals surface area contributed by atoms with E-state index in [-0.39, 0.29) is 11.9 Å². The average Bonchev–Trinajstić information content (AvgIpc) is 3.15. The number of benzene rings is 1. The Kier molecular flexibility index (Phi) is 3.47. The molecule has 1 saturated heterocycles. The third kappa shape index (κ3) is 3.11. The normalized spacial score (nSPS) is 19.1. The van der Waals surface area contributed by atoms with Crippen molar-refractivity contribution in [3.05, 3.63) is 36.7 Å². The van der Waals surface area contributed by atoms with Crippen molar-refractivity contribution in [3.8, 4) is 11.5 Å². The molecule has 1 aromatic carbocycles. The first-order valence-electron chi connectivity index (χ1n) is 10.9. The highest BCUT2D eigenvalue weighted by atomic mass is 16.5. The van der Waals surface area contributed by atoms with E-state index >= 15 is 0 Å². The van der Waals surface area contributed by atoms with Gasteiger partial charge in [-0.15, -0.1) is 0 Å². The highest BCUT2D eigenvalue weighted by Crippen LogP contribution is 2.34. The summed E-state index contributed by atoms with van der Waals surface area (Å²) < 4.78 is 34.1. The zero-order valence-corrected chi connectivity index (χ0v) is 15.8. The predicted octanol–water partition coefficient (Wildman–Crippen LogP) is 3.29. The van der Waals surface area contributed by atoms with Crippen molar-refractivity contribution in [2.24, 2.45) is 0 Å². The molecule has 1 aliphatic heterocycles. The summed E-state index contributed by atoms with van der Waals surface area (Å²) in [5.74, 6) is 0.858. The highest BCUT2D eigenvalue weighted by molar-refractivity contribution is 6.01. The first-order valence-corrected chi connectivity index (χ1v) is 9.37. The predicted molar refractivity (Wildman–Crippen MR) is 114 cm³/mol. The summed E-state index contributed by atoms with van der Waals surface area (Å²) in [6.07, 6.45) is 3.20. The molecule has 8 heteroatoms. The number of fused-ring (bicyclic) bond motifs is 2. The van der Waals surface area contributed by atoms with Gasteiger partial charge in [-0.05, 0) is 31.2 Å². The van der Waals surface area contributed by atoms with E-state index in [9.17, 15) is 0 Å². The van der Waals surface area contributed by atoms with Crippen LogP contribution in [-0.4, -0.2) is 47.7 Å². The number of anilines is 3. The standard InChI is InChI=1S/C21H22N6O2/c1-12-11-27(5-6-28-12)13-3-4-18-17(7-13)26-21(29-18)16-10-25-20(23-2)15-9-24-19(22)8-14(15)16/h3-4,7-10,12H,5-6,11H2,1-2H3,(H2,22,24)(H,23,25)/t12-/m1/s1/i2D3. The second-order valence-corrected chi connectivity index (χ2v) is 7.10. The fourth-order valence-corrected chi connectivity index (χ4v) is 3.70. The highest BCUT2D eigenvalue weighted by Gasteiger charge is 2.19. The van der Waals surface area contributed by atoms with Crippen LogP contribution in [0.15, 0.2) is 41.1 Å². The first kappa shape index (κ1) is 14.6. The number of morpholine rings is 1. The second-order valence-electron chi connectivity index (χ2n) is 7.10. The summed E-state index contributed by atoms with van der Waals surface area (Å²) in [4.78, 5) is 15.3. The van der Waals surface area contributed by atoms with Crippen molar-refractivity contribution in [3.63, 3.8) is 0 Å². The van der Waals surface area contributed by atoms with E-state index < -0.39 is 6.98 Å². The molecule has 0 unspecified atom stereocenters. The van der Waals surface area contributed by atoms with Gasteiger partial charge in [0, 0.05) is 53.0 Å². The molecule has 0 saturated carbocycles. The lowest BCUT2D eigenvalue weighted by Crippen LogP contribution is -2.41. The number of nitrogens with one attached hydrogen (secondary N) is 1. The van der Waals surface area contributed by atoms with Crippen LogP contribution in [0.1, 0.15) is 11.0 Å². The van der Waals surface area contributed by atoms with Gasteiger partial charge in [-0.2, -0.15) is 0 Å². The summed E-state index contributed by atoms with van der Waals surface area (Å²) in [6, 6.07) is 7.57. The van der Waals surface area contributed by atoms with Crippen LogP contribution in [0.5, 0.6) is 0 Å². The Morgan fingerprint density at radius 1 is 1.24 bits per heavy atom. The van der Waals surface area contributed by atoms with Gasteiger partial charge in [0.25, 0.3) is 0 Å². The molecule has 3 aromatic heterocycles. The van der Waals surface area contributed by atoms with Crippen LogP contribution in [0.4, 0.5) is 17.3 Å². The Morgan fingerprint density at radius 3 is 3.03 bits per heavy atom. The molecule has 0 spiro atoms. The second kappa shape index (κ2) is 6.89. The molecule has 148 valence electrons. The van der Waals surface area contributed by atoms with Crippen molar-refractivity contribution in [1.82, 2.24) is 15.0 Å². The maximum absolute atomic E-state index is 7.49. The average molecular weight is 393 g/mol. The number of oxazole rings is 1. The molecule has 0 bridgehead atoms. The number of hydrogen-bond acceptors (Lipinski definition) is 8. The molecule has 1 atom stereocenters. The molecule has 1 fully saturated rings. The van der Waals surface area contributed by atoms with E-state index in [0.29, 0.717) is 40.2 Å². The summed E-state index contributed by atoms with van der Waals surface area (Å²) >= 11 is 0. The molecular formula is C21H22N6O2. The first-order chi connectivity index (χ1) is 15.3. The summed E-state index contributed by atoms with van der Waals surface area (Å²) in [5, 5.41) is 3.60. The number of aromatic nitrogens is 3. The lowest BCUT2D eigenvalue weighted by molar-refractivity contribution is 0.0532. The van der Waals surface area contributed by atoms with Gasteiger partial charge in [-0.25, -0.2) is 15.0 Å². The lowest BCUT2D eigenvalue weighted by Gasteiger charge is -2.32. The van der Waals surface area contributed by atoms with Crippen LogP contribution in [-0.2, 0) is 4.74 Å². The van der Waals surface area contributed by atoms with Gasteiger partial charge in [0.15, 0.2) is 5.58 Å². The van der Waals surface area contributed by atoms with Gasteiger partial charge >= 0.3 is 0 Å². The molecule has 3 N–H and O–H groups in total. The maximum Gasteiger partial charge on any atom is 0.229 e. The summed E-state index contributed by atoms with van der Waals surface area (Å²) in [6.45, 7) is 1.98. The van der Waals surface area contributed by atoms with Gasteiger partial charge in [-0.3, -0.25) is 0 Å². The van der Waals surface area contributed by atoms with E-state index in [2.05, 4.69) is 32.1 Å². The molecule has 4 aromatic rings. The minimum Gasteiger partial charge on any atom is -0.436 e. The Bertz CT molecular complexity index is 1310. The van der Waals surface area contributed by atoms with E-state index in [0.717, 1.165) is 24.3 Å². The molecule has 0 aliphatic carbocycles. The zero-order valence-electron chi connectivity index (χ0n) is 18.8. The summed E-state index contributed by atoms with van der Waals surface area (Å²) in [5.41, 5.74) is 8.93. The topological polar surface area (TPSA) is 102 Å². The number of nitrogens with zero attached hydrogens (tertiary/aromatic N) is 4. The van der Waals surface area contributed by atoms with Gasteiger partial charge < -0.3 is 25.1 Å². The van der Waals surface area contributed by atoms with Crippen LogP contribution in [0.25, 0.3) is 33.3 Å². The van der Waals surface area contributed by atoms with Crippen molar-refractivity contribution in [1.29, 1.82) is 0 Å². The molecule has 4 heterocycles. The monoisotopic (exact) mass is 393 g/mol. The van der Waals surface area contributed by atoms with E-state index in [1.54, 1.807) is 6.07 Å². The minimum atomic E-state index is -2.40. The molecule has 0 amide bonds. The number of pyridine rings is 2. The van der Waals surface area contributed by atoms with E-state index in [4.69, 9.17) is 19.0 Å². The number of nitrogen functional groups attached to an aromatic ring is 1. The fourth-order valence-electron chi connectivity index (χ4n) is 3.70. The molecule has 1 aliphatic rings. The van der Waals surface area contributed by atoms with Crippen LogP contribution in [0.2, 0.25) is 0 Å². The van der Waals surface area contributed by atoms with Gasteiger partial charge in [0.1, 0.15) is 17.2 Å². The van der Waals surface area contributed by atoms with Gasteiger partial charge in [-0.1, -0.05) is 0 Å². The van der Waals surface area contributed by atoms with Crippen molar-refractivity contribution in [2.45, 2.75) is 13.0 Å². The maximum atomic E-state index is 7.49. The third-order valence-corrected chi connectivity index (χ3v) is 5.12. The van der Waals surface area contributed by atoms with Crippen LogP contribution in [0.3, 0.4) is 0 Å². The van der Waals surface area contributed by atoms with Crippen LogP contribution >= 0.6 is 0 Å². The minimum absolute atomic E-state index is 0.172.